The number of rotatable bonds is 7. The van der Waals surface area contributed by atoms with E-state index in [4.69, 9.17) is 9.47 Å². The Morgan fingerprint density at radius 2 is 2.03 bits per heavy atom. The number of alkyl halides is 3. The number of fused-ring (bicyclic) bond motifs is 1. The number of methoxy groups -OCH3 is 1. The number of nitrogens with zero attached hydrogens (tertiary/aromatic N) is 3. The molecule has 1 unspecified atom stereocenters. The summed E-state index contributed by atoms with van der Waals surface area (Å²) in [7, 11) is 2.76. The molecule has 1 aliphatic rings. The van der Waals surface area contributed by atoms with Gasteiger partial charge >= 0.3 is 12.4 Å². The Kier molecular flexibility index (Phi) is 5.85. The molecule has 162 valence electrons. The molecule has 0 aliphatic carbocycles. The third-order valence-electron chi connectivity index (χ3n) is 4.00. The number of ether oxygens (including phenoxy) is 3. The number of hydrogen-bond donors (Lipinski definition) is 2. The van der Waals surface area contributed by atoms with Crippen molar-refractivity contribution >= 4 is 17.5 Å². The quantitative estimate of drug-likeness (QED) is 0.679. The fourth-order valence-electron chi connectivity index (χ4n) is 2.76. The van der Waals surface area contributed by atoms with Crippen molar-refractivity contribution in [2.45, 2.75) is 12.7 Å². The first-order valence-corrected chi connectivity index (χ1v) is 8.45. The third-order valence-corrected chi connectivity index (χ3v) is 4.00. The van der Waals surface area contributed by atoms with Crippen LogP contribution in [-0.4, -0.2) is 71.7 Å². The van der Waals surface area contributed by atoms with E-state index < -0.39 is 36.7 Å². The largest absolute Gasteiger partial charge is 0.573 e. The lowest BCUT2D eigenvalue weighted by Crippen LogP contribution is -2.55. The van der Waals surface area contributed by atoms with Crippen molar-refractivity contribution in [1.29, 1.82) is 0 Å². The summed E-state index contributed by atoms with van der Waals surface area (Å²) in [6, 6.07) is 4.52. The fraction of sp³-hybridized carbons (Fsp3) is 0.353. The van der Waals surface area contributed by atoms with E-state index >= 15 is 0 Å². The summed E-state index contributed by atoms with van der Waals surface area (Å²) in [5, 5.41) is 10.3. The van der Waals surface area contributed by atoms with E-state index in [1.54, 1.807) is 0 Å². The molecule has 10 nitrogen and oxygen atoms in total. The maximum absolute atomic E-state index is 12.7. The molecule has 30 heavy (non-hydrogen) atoms. The summed E-state index contributed by atoms with van der Waals surface area (Å²) >= 11 is 0. The van der Waals surface area contributed by atoms with E-state index in [0.29, 0.717) is 0 Å². The zero-order valence-corrected chi connectivity index (χ0v) is 15.8. The topological polar surface area (TPSA) is 117 Å². The number of aromatic amines is 1. The normalized spacial score (nSPS) is 16.5. The number of nitrogens with one attached hydrogen (secondary N) is 1. The highest BCUT2D eigenvalue weighted by Crippen LogP contribution is 2.32. The van der Waals surface area contributed by atoms with Crippen LogP contribution in [0.25, 0.3) is 0 Å². The number of hydrogen-bond acceptors (Lipinski definition) is 8. The average Bonchev–Trinajstić information content (AvgIpc) is 3.07. The van der Waals surface area contributed by atoms with Gasteiger partial charge in [-0.3, -0.25) is 14.5 Å². The zero-order chi connectivity index (χ0) is 22.1. The lowest BCUT2D eigenvalue weighted by atomic mass is 10.2. The second kappa shape index (κ2) is 8.20. The predicted octanol–water partition coefficient (Wildman–Crippen LogP) is 1.48. The Balaban J connectivity index is 1.81. The Hall–Kier alpha value is -3.32. The minimum atomic E-state index is -4.86. The van der Waals surface area contributed by atoms with Gasteiger partial charge < -0.3 is 29.2 Å². The second-order valence-electron chi connectivity index (χ2n) is 6.23. The molecule has 0 radical (unpaired) electrons. The lowest BCUT2D eigenvalue weighted by Gasteiger charge is -2.37. The van der Waals surface area contributed by atoms with Crippen molar-refractivity contribution < 1.29 is 42.1 Å². The summed E-state index contributed by atoms with van der Waals surface area (Å²) < 4.78 is 51.0. The first kappa shape index (κ1) is 21.4. The molecule has 0 saturated carbocycles. The number of aliphatic hydroxyl groups is 1. The Morgan fingerprint density at radius 3 is 2.70 bits per heavy atom. The van der Waals surface area contributed by atoms with Gasteiger partial charge in [-0.25, -0.2) is 0 Å². The molecule has 1 amide bonds. The Morgan fingerprint density at radius 1 is 1.33 bits per heavy atom. The number of halogens is 3. The number of Topliss-reactive ketones (excluding diaryl/α,β-unsaturated/α-hetero) is 1. The standard InChI is InChI=1S/C17H17F3N4O6/c1-23-13-12(14(26)24(16(23)27)7-9(25)8-28-2)21-15(22-13)29-10-4-3-5-11(6-10)30-17(18,19)20/h3-6,16,27H,7-8H2,1-2H3,(H,21,22). The van der Waals surface area contributed by atoms with Gasteiger partial charge in [-0.05, 0) is 12.1 Å². The van der Waals surface area contributed by atoms with Gasteiger partial charge in [0, 0.05) is 20.2 Å². The number of anilines is 1. The average molecular weight is 430 g/mol. The van der Waals surface area contributed by atoms with Crippen molar-refractivity contribution in [3.63, 3.8) is 0 Å². The van der Waals surface area contributed by atoms with Crippen molar-refractivity contribution in [3.8, 4) is 17.5 Å². The molecule has 13 heteroatoms. The van der Waals surface area contributed by atoms with Gasteiger partial charge in [-0.15, -0.1) is 13.2 Å². The van der Waals surface area contributed by atoms with Gasteiger partial charge in [0.2, 0.25) is 6.35 Å². The fourth-order valence-corrected chi connectivity index (χ4v) is 2.76. The third kappa shape index (κ3) is 4.63. The van der Waals surface area contributed by atoms with Crippen LogP contribution in [0.4, 0.5) is 19.0 Å². The van der Waals surface area contributed by atoms with E-state index in [1.165, 1.54) is 31.2 Å². The summed E-state index contributed by atoms with van der Waals surface area (Å²) in [5.74, 6) is -1.63. The van der Waals surface area contributed by atoms with Crippen molar-refractivity contribution in [3.05, 3.63) is 30.0 Å². The molecule has 2 heterocycles. The van der Waals surface area contributed by atoms with Gasteiger partial charge in [0.1, 0.15) is 18.1 Å². The molecule has 3 rings (SSSR count). The van der Waals surface area contributed by atoms with Crippen LogP contribution in [0.3, 0.4) is 0 Å². The van der Waals surface area contributed by atoms with Crippen LogP contribution in [-0.2, 0) is 9.53 Å². The van der Waals surface area contributed by atoms with Gasteiger partial charge in [0.25, 0.3) is 5.91 Å². The maximum Gasteiger partial charge on any atom is 0.573 e. The van der Waals surface area contributed by atoms with Gasteiger partial charge in [-0.1, -0.05) is 6.07 Å². The number of carbonyl (C=O) groups is 2. The molecule has 2 aromatic rings. The molecule has 1 aromatic heterocycles. The molecular formula is C17H17F3N4O6. The monoisotopic (exact) mass is 430 g/mol. The summed E-state index contributed by atoms with van der Waals surface area (Å²) in [6.07, 6.45) is -6.33. The Bertz CT molecular complexity index is 948. The molecule has 2 N–H and O–H groups in total. The highest BCUT2D eigenvalue weighted by atomic mass is 19.4. The van der Waals surface area contributed by atoms with Crippen molar-refractivity contribution in [1.82, 2.24) is 14.9 Å². The number of aliphatic hydroxyl groups excluding tert-OH is 1. The Labute approximate surface area is 167 Å². The first-order chi connectivity index (χ1) is 14.1. The van der Waals surface area contributed by atoms with Crippen LogP contribution >= 0.6 is 0 Å². The van der Waals surface area contributed by atoms with Crippen molar-refractivity contribution in [2.24, 2.45) is 0 Å². The first-order valence-electron chi connectivity index (χ1n) is 8.45. The highest BCUT2D eigenvalue weighted by molar-refractivity contribution is 6.01. The molecule has 0 fully saturated rings. The lowest BCUT2D eigenvalue weighted by molar-refractivity contribution is -0.274. The smallest absolute Gasteiger partial charge is 0.425 e. The van der Waals surface area contributed by atoms with Crippen molar-refractivity contribution in [2.75, 3.05) is 32.2 Å². The van der Waals surface area contributed by atoms with E-state index in [0.717, 1.165) is 17.0 Å². The zero-order valence-electron chi connectivity index (χ0n) is 15.8. The molecule has 0 spiro atoms. The minimum Gasteiger partial charge on any atom is -0.425 e. The number of amides is 1. The second-order valence-corrected chi connectivity index (χ2v) is 6.23. The van der Waals surface area contributed by atoms with E-state index in [2.05, 4.69) is 14.7 Å². The van der Waals surface area contributed by atoms with E-state index in [-0.39, 0.29) is 29.9 Å². The molecule has 1 aliphatic heterocycles. The summed E-state index contributed by atoms with van der Waals surface area (Å²) in [4.78, 5) is 33.3. The van der Waals surface area contributed by atoms with E-state index in [9.17, 15) is 27.9 Å². The van der Waals surface area contributed by atoms with Gasteiger partial charge in [0.05, 0.1) is 6.54 Å². The number of imidazole rings is 1. The van der Waals surface area contributed by atoms with Crippen LogP contribution in [0.2, 0.25) is 0 Å². The van der Waals surface area contributed by atoms with Crippen LogP contribution in [0.15, 0.2) is 24.3 Å². The molecule has 0 bridgehead atoms. The summed E-state index contributed by atoms with van der Waals surface area (Å²) in [5.41, 5.74) is -0.0642. The number of aromatic nitrogens is 2. The predicted molar refractivity (Wildman–Crippen MR) is 94.1 cm³/mol. The maximum atomic E-state index is 12.7. The van der Waals surface area contributed by atoms with E-state index in [1.807, 2.05) is 0 Å². The van der Waals surface area contributed by atoms with Gasteiger partial charge in [0.15, 0.2) is 17.3 Å². The molecule has 1 aromatic carbocycles. The van der Waals surface area contributed by atoms with Gasteiger partial charge in [-0.2, -0.15) is 4.98 Å². The van der Waals surface area contributed by atoms with Crippen LogP contribution < -0.4 is 14.4 Å². The number of ketones is 1. The number of H-pyrrole nitrogens is 1. The molecule has 0 saturated heterocycles. The molecular weight excluding hydrogens is 413 g/mol. The molecule has 1 atom stereocenters. The SMILES string of the molecule is COCC(=O)CN1C(=O)c2[nH]c(Oc3cccc(OC(F)(F)F)c3)nc2N(C)C1O. The number of benzene rings is 1. The number of carbonyl (C=O) groups excluding carboxylic acids is 2. The van der Waals surface area contributed by atoms with Crippen LogP contribution in [0.5, 0.6) is 17.5 Å². The highest BCUT2D eigenvalue weighted by Gasteiger charge is 2.39. The minimum absolute atomic E-state index is 0.0365. The summed E-state index contributed by atoms with van der Waals surface area (Å²) in [6.45, 7) is -0.635. The van der Waals surface area contributed by atoms with Crippen LogP contribution in [0, 0.1) is 0 Å². The van der Waals surface area contributed by atoms with Crippen LogP contribution in [0.1, 0.15) is 10.5 Å².